The number of aryl methyl sites for hydroxylation is 1. The first-order chi connectivity index (χ1) is 10.6. The van der Waals surface area contributed by atoms with Crippen LogP contribution in [0.4, 0.5) is 11.8 Å². The van der Waals surface area contributed by atoms with Crippen LogP contribution in [0.15, 0.2) is 22.7 Å². The minimum Gasteiger partial charge on any atom is -0.358 e. The monoisotopic (exact) mass is 320 g/mol. The van der Waals surface area contributed by atoms with Crippen LogP contribution in [0.2, 0.25) is 0 Å². The predicted octanol–water partition coefficient (Wildman–Crippen LogP) is 0.714. The highest BCUT2D eigenvalue weighted by atomic mass is 32.2. The number of amides is 1. The van der Waals surface area contributed by atoms with Gasteiger partial charge in [-0.25, -0.2) is 9.97 Å². The van der Waals surface area contributed by atoms with E-state index in [0.717, 1.165) is 11.8 Å². The van der Waals surface area contributed by atoms with Gasteiger partial charge in [0.15, 0.2) is 10.7 Å². The van der Waals surface area contributed by atoms with Gasteiger partial charge in [-0.2, -0.15) is 4.98 Å². The van der Waals surface area contributed by atoms with Crippen molar-refractivity contribution < 1.29 is 9.72 Å². The number of nitro groups is 1. The Morgan fingerprint density at radius 3 is 3.00 bits per heavy atom. The Morgan fingerprint density at radius 2 is 2.27 bits per heavy atom. The normalized spacial score (nSPS) is 10.8. The SMILES string of the molecule is Cn1cnc([N+](=O)[O-])c1Sc1nc(NC=O)nc2nc[nH]c12. The molecule has 0 aromatic carbocycles. The number of hydrogen-bond acceptors (Lipinski definition) is 8. The van der Waals surface area contributed by atoms with E-state index in [0.29, 0.717) is 27.6 Å². The van der Waals surface area contributed by atoms with Crippen molar-refractivity contribution in [2.24, 2.45) is 7.05 Å². The molecular weight excluding hydrogens is 312 g/mol. The molecule has 2 N–H and O–H groups in total. The van der Waals surface area contributed by atoms with Crippen molar-refractivity contribution in [3.63, 3.8) is 0 Å². The number of nitrogens with zero attached hydrogens (tertiary/aromatic N) is 6. The fourth-order valence-corrected chi connectivity index (χ4v) is 2.72. The van der Waals surface area contributed by atoms with Crippen LogP contribution in [0.25, 0.3) is 11.2 Å². The lowest BCUT2D eigenvalue weighted by molar-refractivity contribution is -0.392. The van der Waals surface area contributed by atoms with Crippen molar-refractivity contribution in [1.82, 2.24) is 29.5 Å². The zero-order valence-electron chi connectivity index (χ0n) is 11.0. The van der Waals surface area contributed by atoms with E-state index in [1.807, 2.05) is 0 Å². The highest BCUT2D eigenvalue weighted by molar-refractivity contribution is 7.99. The van der Waals surface area contributed by atoms with E-state index in [9.17, 15) is 14.9 Å². The first-order valence-electron chi connectivity index (χ1n) is 5.85. The molecule has 0 saturated heterocycles. The molecule has 3 heterocycles. The number of aromatic amines is 1. The zero-order chi connectivity index (χ0) is 15.7. The fourth-order valence-electron chi connectivity index (χ4n) is 1.74. The second-order valence-electron chi connectivity index (χ2n) is 4.06. The molecular formula is C10H8N8O3S. The lowest BCUT2D eigenvalue weighted by Gasteiger charge is -2.04. The smallest absolute Gasteiger partial charge is 0.358 e. The molecule has 0 atom stereocenters. The Bertz CT molecular complexity index is 872. The second-order valence-corrected chi connectivity index (χ2v) is 5.04. The highest BCUT2D eigenvalue weighted by Gasteiger charge is 2.23. The molecule has 3 aromatic rings. The highest BCUT2D eigenvalue weighted by Crippen LogP contribution is 2.35. The maximum absolute atomic E-state index is 11.0. The molecule has 22 heavy (non-hydrogen) atoms. The Kier molecular flexibility index (Phi) is 3.42. The lowest BCUT2D eigenvalue weighted by atomic mass is 10.5. The van der Waals surface area contributed by atoms with E-state index in [-0.39, 0.29) is 11.8 Å². The van der Waals surface area contributed by atoms with Crippen molar-refractivity contribution in [1.29, 1.82) is 0 Å². The number of imidazole rings is 2. The molecule has 0 aliphatic carbocycles. The number of carbonyl (C=O) groups is 1. The number of carbonyl (C=O) groups excluding carboxylic acids is 1. The fraction of sp³-hybridized carbons (Fsp3) is 0.100. The third-order valence-corrected chi connectivity index (χ3v) is 3.82. The predicted molar refractivity (Wildman–Crippen MR) is 75.4 cm³/mol. The molecule has 11 nitrogen and oxygen atoms in total. The molecule has 0 unspecified atom stereocenters. The standard InChI is InChI=1S/C10H8N8O3S/c1-17-3-13-7(18(20)21)9(17)22-8-5-6(12-2-11-5)15-10(16-8)14-4-19/h2-4H,1H3,(H2,11,12,14,15,16,19). The van der Waals surface area contributed by atoms with Crippen molar-refractivity contribution in [3.05, 3.63) is 22.8 Å². The molecule has 3 rings (SSSR count). The Labute approximate surface area is 126 Å². The van der Waals surface area contributed by atoms with Crippen LogP contribution < -0.4 is 5.32 Å². The third-order valence-electron chi connectivity index (χ3n) is 2.67. The van der Waals surface area contributed by atoms with Crippen molar-refractivity contribution in [3.8, 4) is 0 Å². The summed E-state index contributed by atoms with van der Waals surface area (Å²) in [6, 6.07) is 0. The average Bonchev–Trinajstić information content (AvgIpc) is 3.07. The third kappa shape index (κ3) is 2.35. The summed E-state index contributed by atoms with van der Waals surface area (Å²) < 4.78 is 1.51. The van der Waals surface area contributed by atoms with Gasteiger partial charge in [-0.15, -0.1) is 0 Å². The van der Waals surface area contributed by atoms with E-state index in [4.69, 9.17) is 0 Å². The summed E-state index contributed by atoms with van der Waals surface area (Å²) in [5.74, 6) is -0.217. The minimum atomic E-state index is -0.571. The summed E-state index contributed by atoms with van der Waals surface area (Å²) in [5.41, 5.74) is 0.851. The lowest BCUT2D eigenvalue weighted by Crippen LogP contribution is -2.02. The van der Waals surface area contributed by atoms with Crippen LogP contribution in [0.5, 0.6) is 0 Å². The van der Waals surface area contributed by atoms with Gasteiger partial charge in [0.2, 0.25) is 18.7 Å². The van der Waals surface area contributed by atoms with E-state index in [1.54, 1.807) is 7.05 Å². The van der Waals surface area contributed by atoms with Crippen LogP contribution in [0, 0.1) is 10.1 Å². The molecule has 0 bridgehead atoms. The molecule has 112 valence electrons. The Hall–Kier alpha value is -3.02. The number of aromatic nitrogens is 6. The van der Waals surface area contributed by atoms with E-state index >= 15 is 0 Å². The van der Waals surface area contributed by atoms with Gasteiger partial charge < -0.3 is 19.7 Å². The Balaban J connectivity index is 2.10. The maximum atomic E-state index is 11.0. The summed E-state index contributed by atoms with van der Waals surface area (Å²) in [5, 5.41) is 14.0. The molecule has 0 fully saturated rings. The van der Waals surface area contributed by atoms with Gasteiger partial charge in [-0.05, 0) is 21.7 Å². The van der Waals surface area contributed by atoms with Gasteiger partial charge >= 0.3 is 5.82 Å². The average molecular weight is 320 g/mol. The van der Waals surface area contributed by atoms with Crippen LogP contribution in [-0.2, 0) is 11.8 Å². The molecule has 0 radical (unpaired) electrons. The van der Waals surface area contributed by atoms with Crippen molar-refractivity contribution in [2.75, 3.05) is 5.32 Å². The summed E-state index contributed by atoms with van der Waals surface area (Å²) in [6.07, 6.45) is 3.21. The summed E-state index contributed by atoms with van der Waals surface area (Å²) >= 11 is 1.03. The molecule has 0 aliphatic heterocycles. The molecule has 0 spiro atoms. The van der Waals surface area contributed by atoms with Gasteiger partial charge in [0.25, 0.3) is 0 Å². The number of rotatable bonds is 5. The number of hydrogen-bond donors (Lipinski definition) is 2. The van der Waals surface area contributed by atoms with Gasteiger partial charge in [-0.1, -0.05) is 0 Å². The first kappa shape index (κ1) is 13.9. The summed E-state index contributed by atoms with van der Waals surface area (Å²) in [4.78, 5) is 39.8. The summed E-state index contributed by atoms with van der Waals surface area (Å²) in [6.45, 7) is 0. The van der Waals surface area contributed by atoms with Crippen molar-refractivity contribution >= 4 is 41.1 Å². The van der Waals surface area contributed by atoms with Gasteiger partial charge in [0, 0.05) is 7.05 Å². The Morgan fingerprint density at radius 1 is 1.45 bits per heavy atom. The molecule has 1 amide bonds. The second kappa shape index (κ2) is 5.40. The maximum Gasteiger partial charge on any atom is 0.396 e. The van der Waals surface area contributed by atoms with E-state index < -0.39 is 4.92 Å². The van der Waals surface area contributed by atoms with Gasteiger partial charge in [0.1, 0.15) is 10.5 Å². The van der Waals surface area contributed by atoms with Crippen LogP contribution in [0.1, 0.15) is 0 Å². The van der Waals surface area contributed by atoms with Crippen LogP contribution in [-0.4, -0.2) is 40.8 Å². The van der Waals surface area contributed by atoms with E-state index in [2.05, 4.69) is 30.2 Å². The van der Waals surface area contributed by atoms with Gasteiger partial charge in [0.05, 0.1) is 6.33 Å². The first-order valence-corrected chi connectivity index (χ1v) is 6.66. The number of H-pyrrole nitrogens is 1. The number of nitrogens with one attached hydrogen (secondary N) is 2. The zero-order valence-corrected chi connectivity index (χ0v) is 11.9. The quantitative estimate of drug-likeness (QED) is 0.302. The van der Waals surface area contributed by atoms with Gasteiger partial charge in [-0.3, -0.25) is 10.1 Å². The topological polar surface area (TPSA) is 145 Å². The molecule has 0 saturated carbocycles. The number of fused-ring (bicyclic) bond motifs is 1. The van der Waals surface area contributed by atoms with E-state index in [1.165, 1.54) is 17.2 Å². The van der Waals surface area contributed by atoms with Crippen LogP contribution >= 0.6 is 11.8 Å². The largest absolute Gasteiger partial charge is 0.396 e. The molecule has 0 aliphatic rings. The van der Waals surface area contributed by atoms with Crippen LogP contribution in [0.3, 0.4) is 0 Å². The molecule has 3 aromatic heterocycles. The molecule has 12 heteroatoms. The number of anilines is 1. The summed E-state index contributed by atoms with van der Waals surface area (Å²) in [7, 11) is 1.64. The van der Waals surface area contributed by atoms with Crippen molar-refractivity contribution in [2.45, 2.75) is 10.1 Å². The minimum absolute atomic E-state index is 0.0573.